The molecule has 0 aliphatic rings. The molecule has 7 heteroatoms. The van der Waals surface area contributed by atoms with Gasteiger partial charge in [0.15, 0.2) is 5.76 Å². The Morgan fingerprint density at radius 2 is 1.92 bits per heavy atom. The van der Waals surface area contributed by atoms with Crippen LogP contribution in [0.15, 0.2) is 74.9 Å². The Balaban J connectivity index is 1.46. The fourth-order valence-corrected chi connectivity index (χ4v) is 3.21. The largest absolute Gasteiger partial charge is 0.459 e. The van der Waals surface area contributed by atoms with Gasteiger partial charge in [-0.05, 0) is 30.5 Å². The zero-order valence-electron chi connectivity index (χ0n) is 13.9. The Morgan fingerprint density at radius 1 is 1.08 bits per heavy atom. The van der Waals surface area contributed by atoms with Crippen LogP contribution in [0.25, 0.3) is 22.4 Å². The minimum Gasteiger partial charge on any atom is -0.459 e. The molecule has 0 saturated heterocycles. The van der Waals surface area contributed by atoms with Crippen LogP contribution in [0.2, 0.25) is 0 Å². The highest BCUT2D eigenvalue weighted by Crippen LogP contribution is 2.28. The maximum Gasteiger partial charge on any atom is 0.284 e. The monoisotopic (exact) mass is 365 g/mol. The summed E-state index contributed by atoms with van der Waals surface area (Å²) in [6.07, 6.45) is 1.53. The lowest BCUT2D eigenvalue weighted by atomic mass is 10.1. The molecule has 2 heterocycles. The van der Waals surface area contributed by atoms with Crippen molar-refractivity contribution in [1.29, 1.82) is 0 Å². The van der Waals surface area contributed by atoms with Crippen LogP contribution in [-0.2, 0) is 4.79 Å². The van der Waals surface area contributed by atoms with Crippen molar-refractivity contribution in [1.82, 2.24) is 10.2 Å². The molecule has 1 N–H and O–H groups in total. The molecule has 4 aromatic rings. The number of furan rings is 1. The smallest absolute Gasteiger partial charge is 0.284 e. The van der Waals surface area contributed by atoms with Crippen LogP contribution < -0.4 is 5.32 Å². The van der Waals surface area contributed by atoms with Crippen LogP contribution in [0.4, 0.5) is 5.69 Å². The van der Waals surface area contributed by atoms with E-state index in [1.54, 1.807) is 19.1 Å². The highest BCUT2D eigenvalue weighted by atomic mass is 32.2. The van der Waals surface area contributed by atoms with E-state index in [4.69, 9.17) is 8.83 Å². The number of aromatic nitrogens is 2. The molecule has 0 unspecified atom stereocenters. The van der Waals surface area contributed by atoms with E-state index in [0.717, 1.165) is 16.5 Å². The van der Waals surface area contributed by atoms with E-state index in [1.165, 1.54) is 18.0 Å². The SMILES string of the molecule is C[C@@H](Sc1nnc(-c2ccco2)o1)C(=O)Nc1cccc2ccccc12. The first kappa shape index (κ1) is 16.4. The van der Waals surface area contributed by atoms with Crippen LogP contribution in [-0.4, -0.2) is 21.4 Å². The third-order valence-electron chi connectivity index (χ3n) is 3.83. The second kappa shape index (κ2) is 7.05. The molecule has 1 atom stereocenters. The van der Waals surface area contributed by atoms with Gasteiger partial charge in [-0.15, -0.1) is 10.2 Å². The lowest BCUT2D eigenvalue weighted by Crippen LogP contribution is -2.22. The number of carbonyl (C=O) groups excluding carboxylic acids is 1. The van der Waals surface area contributed by atoms with E-state index in [0.29, 0.717) is 16.9 Å². The van der Waals surface area contributed by atoms with Gasteiger partial charge < -0.3 is 14.2 Å². The molecule has 1 amide bonds. The van der Waals surface area contributed by atoms with Crippen LogP contribution in [0.1, 0.15) is 6.92 Å². The van der Waals surface area contributed by atoms with E-state index in [1.807, 2.05) is 42.5 Å². The zero-order chi connectivity index (χ0) is 17.9. The fraction of sp³-hybridized carbons (Fsp3) is 0.105. The maximum atomic E-state index is 12.6. The van der Waals surface area contributed by atoms with Crippen molar-refractivity contribution in [3.05, 3.63) is 60.9 Å². The summed E-state index contributed by atoms with van der Waals surface area (Å²) >= 11 is 1.20. The van der Waals surface area contributed by atoms with Crippen molar-refractivity contribution in [3.8, 4) is 11.7 Å². The summed E-state index contributed by atoms with van der Waals surface area (Å²) in [6, 6.07) is 17.2. The molecule has 130 valence electrons. The van der Waals surface area contributed by atoms with E-state index in [-0.39, 0.29) is 5.91 Å². The number of benzene rings is 2. The number of amides is 1. The van der Waals surface area contributed by atoms with E-state index < -0.39 is 5.25 Å². The average Bonchev–Trinajstić information content (AvgIpc) is 3.33. The molecule has 6 nitrogen and oxygen atoms in total. The molecule has 0 radical (unpaired) electrons. The number of rotatable bonds is 5. The lowest BCUT2D eigenvalue weighted by Gasteiger charge is -2.12. The first-order valence-corrected chi connectivity index (χ1v) is 8.91. The van der Waals surface area contributed by atoms with Gasteiger partial charge >= 0.3 is 0 Å². The maximum absolute atomic E-state index is 12.6. The Bertz CT molecular complexity index is 1040. The Hall–Kier alpha value is -3.06. The number of carbonyl (C=O) groups is 1. The molecule has 4 rings (SSSR count). The molecule has 0 bridgehead atoms. The standard InChI is InChI=1S/C19H15N3O3S/c1-12(26-19-22-21-18(25-19)16-10-5-11-24-16)17(23)20-15-9-4-7-13-6-2-3-8-14(13)15/h2-12H,1H3,(H,20,23)/t12-/m1/s1. The molecule has 0 aliphatic heterocycles. The highest BCUT2D eigenvalue weighted by molar-refractivity contribution is 8.00. The molecule has 2 aromatic heterocycles. The quantitative estimate of drug-likeness (QED) is 0.521. The normalized spacial score (nSPS) is 12.2. The minimum absolute atomic E-state index is 0.135. The van der Waals surface area contributed by atoms with Crippen LogP contribution in [0, 0.1) is 0 Å². The van der Waals surface area contributed by atoms with Gasteiger partial charge in [0.2, 0.25) is 5.91 Å². The summed E-state index contributed by atoms with van der Waals surface area (Å²) in [5, 5.41) is 12.8. The van der Waals surface area contributed by atoms with Gasteiger partial charge in [-0.3, -0.25) is 4.79 Å². The highest BCUT2D eigenvalue weighted by Gasteiger charge is 2.20. The van der Waals surface area contributed by atoms with E-state index >= 15 is 0 Å². The summed E-state index contributed by atoms with van der Waals surface area (Å²) in [7, 11) is 0. The minimum atomic E-state index is -0.404. The second-order valence-electron chi connectivity index (χ2n) is 5.63. The van der Waals surface area contributed by atoms with Gasteiger partial charge in [-0.1, -0.05) is 48.2 Å². The topological polar surface area (TPSA) is 81.2 Å². The van der Waals surface area contributed by atoms with E-state index in [9.17, 15) is 4.79 Å². The van der Waals surface area contributed by atoms with E-state index in [2.05, 4.69) is 15.5 Å². The van der Waals surface area contributed by atoms with Gasteiger partial charge in [0.1, 0.15) is 0 Å². The van der Waals surface area contributed by atoms with Crippen molar-refractivity contribution in [2.45, 2.75) is 17.4 Å². The van der Waals surface area contributed by atoms with Crippen LogP contribution in [0.3, 0.4) is 0 Å². The third kappa shape index (κ3) is 3.34. The lowest BCUT2D eigenvalue weighted by molar-refractivity contribution is -0.115. The molecular formula is C19H15N3O3S. The number of fused-ring (bicyclic) bond motifs is 1. The fourth-order valence-electron chi connectivity index (χ4n) is 2.53. The van der Waals surface area contributed by atoms with Crippen LogP contribution >= 0.6 is 11.8 Å². The van der Waals surface area contributed by atoms with Gasteiger partial charge in [-0.2, -0.15) is 0 Å². The molecule has 0 saturated carbocycles. The van der Waals surface area contributed by atoms with Crippen molar-refractivity contribution >= 4 is 34.1 Å². The second-order valence-corrected chi connectivity index (χ2v) is 6.92. The van der Waals surface area contributed by atoms with Gasteiger partial charge in [0.05, 0.1) is 11.5 Å². The molecule has 0 fully saturated rings. The van der Waals surface area contributed by atoms with Crippen LogP contribution in [0.5, 0.6) is 0 Å². The number of hydrogen-bond acceptors (Lipinski definition) is 6. The van der Waals surface area contributed by atoms with Crippen molar-refractivity contribution in [2.24, 2.45) is 0 Å². The Kier molecular flexibility index (Phi) is 4.45. The Morgan fingerprint density at radius 3 is 2.77 bits per heavy atom. The predicted octanol–water partition coefficient (Wildman–Crippen LogP) is 4.60. The Labute approximate surface area is 153 Å². The zero-order valence-corrected chi connectivity index (χ0v) is 14.7. The number of anilines is 1. The molecule has 0 spiro atoms. The van der Waals surface area contributed by atoms with Gasteiger partial charge in [-0.25, -0.2) is 0 Å². The molecular weight excluding hydrogens is 350 g/mol. The number of nitrogens with zero attached hydrogens (tertiary/aromatic N) is 2. The van der Waals surface area contributed by atoms with Crippen molar-refractivity contribution in [3.63, 3.8) is 0 Å². The average molecular weight is 365 g/mol. The van der Waals surface area contributed by atoms with Gasteiger partial charge in [0, 0.05) is 11.1 Å². The summed E-state index contributed by atoms with van der Waals surface area (Å²) in [4.78, 5) is 12.6. The molecule has 2 aromatic carbocycles. The molecule has 0 aliphatic carbocycles. The number of hydrogen-bond donors (Lipinski definition) is 1. The van der Waals surface area contributed by atoms with Crippen molar-refractivity contribution < 1.29 is 13.6 Å². The predicted molar refractivity (Wildman–Crippen MR) is 99.9 cm³/mol. The summed E-state index contributed by atoms with van der Waals surface area (Å²) < 4.78 is 10.8. The first-order chi connectivity index (χ1) is 12.7. The first-order valence-electron chi connectivity index (χ1n) is 8.03. The van der Waals surface area contributed by atoms with Gasteiger partial charge in [0.25, 0.3) is 11.1 Å². The third-order valence-corrected chi connectivity index (χ3v) is 4.77. The number of nitrogens with one attached hydrogen (secondary N) is 1. The van der Waals surface area contributed by atoms with Crippen molar-refractivity contribution in [2.75, 3.05) is 5.32 Å². The molecule has 26 heavy (non-hydrogen) atoms. The summed E-state index contributed by atoms with van der Waals surface area (Å²) in [5.74, 6) is 0.653. The summed E-state index contributed by atoms with van der Waals surface area (Å²) in [5.41, 5.74) is 0.780. The number of thioether (sulfide) groups is 1. The summed E-state index contributed by atoms with van der Waals surface area (Å²) in [6.45, 7) is 1.79.